The maximum absolute atomic E-state index is 3.39. The normalized spacial score (nSPS) is 38.2. The molecule has 0 spiro atoms. The van der Waals surface area contributed by atoms with Gasteiger partial charge in [0, 0.05) is 0 Å². The van der Waals surface area contributed by atoms with E-state index in [0.717, 1.165) is 11.8 Å². The second-order valence-electron chi connectivity index (χ2n) is 2.90. The smallest absolute Gasteiger partial charge is 0.497 e. The van der Waals surface area contributed by atoms with Crippen LogP contribution in [0.1, 0.15) is 25.7 Å². The van der Waals surface area contributed by atoms with Crippen LogP contribution in [-0.2, 0) is 0 Å². The first kappa shape index (κ1) is 7.44. The van der Waals surface area contributed by atoms with Gasteiger partial charge < -0.3 is 6.08 Å². The van der Waals surface area contributed by atoms with Gasteiger partial charge in [0.2, 0.25) is 0 Å². The third-order valence-electron chi connectivity index (χ3n) is 2.41. The van der Waals surface area contributed by atoms with E-state index in [0.29, 0.717) is 0 Å². The molecule has 44 valence electrons. The van der Waals surface area contributed by atoms with Crippen molar-refractivity contribution in [3.05, 3.63) is 12.2 Å². The molecule has 1 heteroatoms. The molecule has 2 aliphatic carbocycles. The van der Waals surface area contributed by atoms with Crippen molar-refractivity contribution in [2.45, 2.75) is 25.7 Å². The zero-order valence-corrected chi connectivity index (χ0v) is 6.06. The van der Waals surface area contributed by atoms with Crippen LogP contribution in [0.2, 0.25) is 0 Å². The van der Waals surface area contributed by atoms with Crippen LogP contribution < -0.4 is 18.9 Å². The largest absolute Gasteiger partial charge is 1.00 e. The van der Waals surface area contributed by atoms with E-state index in [4.69, 9.17) is 0 Å². The molecule has 0 amide bonds. The third-order valence-corrected chi connectivity index (χ3v) is 2.41. The van der Waals surface area contributed by atoms with Gasteiger partial charge in [0.25, 0.3) is 0 Å². The van der Waals surface area contributed by atoms with E-state index < -0.39 is 0 Å². The molecule has 0 aromatic rings. The van der Waals surface area contributed by atoms with Crippen LogP contribution in [0.15, 0.2) is 6.08 Å². The van der Waals surface area contributed by atoms with Crippen LogP contribution >= 0.6 is 0 Å². The summed E-state index contributed by atoms with van der Waals surface area (Å²) >= 11 is 0. The average molecular weight is 114 g/mol. The Bertz CT molecular complexity index is 118. The number of allylic oxidation sites excluding steroid dienone is 2. The topological polar surface area (TPSA) is 0 Å². The predicted molar refractivity (Wildman–Crippen MR) is 33.3 cm³/mol. The first-order valence-electron chi connectivity index (χ1n) is 3.54. The minimum Gasteiger partial charge on any atom is -0.497 e. The van der Waals surface area contributed by atoms with Crippen LogP contribution in [0.4, 0.5) is 0 Å². The molecule has 0 heterocycles. The number of hydrogen-bond donors (Lipinski definition) is 0. The molecule has 0 nitrogen and oxygen atoms in total. The van der Waals surface area contributed by atoms with E-state index in [2.05, 4.69) is 12.2 Å². The molecule has 2 rings (SSSR count). The van der Waals surface area contributed by atoms with Gasteiger partial charge >= 0.3 is 18.9 Å². The summed E-state index contributed by atoms with van der Waals surface area (Å²) in [4.78, 5) is 0. The summed E-state index contributed by atoms with van der Waals surface area (Å²) in [7, 11) is 0. The summed E-state index contributed by atoms with van der Waals surface area (Å²) in [6, 6.07) is 0. The van der Waals surface area contributed by atoms with Crippen molar-refractivity contribution in [2.75, 3.05) is 0 Å². The van der Waals surface area contributed by atoms with Gasteiger partial charge in [0.1, 0.15) is 0 Å². The molecule has 1 saturated carbocycles. The molecular weight excluding hydrogens is 103 g/mol. The van der Waals surface area contributed by atoms with E-state index in [9.17, 15) is 0 Å². The molecule has 0 aliphatic heterocycles. The maximum atomic E-state index is 3.39. The summed E-state index contributed by atoms with van der Waals surface area (Å²) in [5, 5.41) is 0. The molecule has 0 unspecified atom stereocenters. The molecule has 2 aliphatic rings. The second kappa shape index (κ2) is 2.95. The summed E-state index contributed by atoms with van der Waals surface area (Å²) in [5.74, 6) is 1.88. The van der Waals surface area contributed by atoms with Gasteiger partial charge in [-0.05, 0) is 0 Å². The molecule has 1 fully saturated rings. The van der Waals surface area contributed by atoms with Crippen molar-refractivity contribution in [2.24, 2.45) is 11.8 Å². The summed E-state index contributed by atoms with van der Waals surface area (Å²) in [5.41, 5.74) is 0. The second-order valence-corrected chi connectivity index (χ2v) is 2.90. The van der Waals surface area contributed by atoms with E-state index in [1.165, 1.54) is 25.7 Å². The SMILES string of the molecule is [C-]1=CC[C@H]2CCC[C@@H]12.[Li+]. The Morgan fingerprint density at radius 3 is 3.00 bits per heavy atom. The van der Waals surface area contributed by atoms with E-state index in [1.807, 2.05) is 0 Å². The van der Waals surface area contributed by atoms with Crippen LogP contribution in [0.25, 0.3) is 0 Å². The summed E-state index contributed by atoms with van der Waals surface area (Å²) < 4.78 is 0. The van der Waals surface area contributed by atoms with Gasteiger partial charge in [-0.3, -0.25) is 6.08 Å². The van der Waals surface area contributed by atoms with Crippen molar-refractivity contribution in [3.8, 4) is 0 Å². The van der Waals surface area contributed by atoms with E-state index >= 15 is 0 Å². The van der Waals surface area contributed by atoms with E-state index in [-0.39, 0.29) is 18.9 Å². The first-order chi connectivity index (χ1) is 3.97. The molecular formula is C8H11Li. The van der Waals surface area contributed by atoms with Crippen molar-refractivity contribution in [1.82, 2.24) is 0 Å². The van der Waals surface area contributed by atoms with Gasteiger partial charge in [-0.25, -0.2) is 0 Å². The van der Waals surface area contributed by atoms with Gasteiger partial charge in [0.05, 0.1) is 0 Å². The Morgan fingerprint density at radius 2 is 2.22 bits per heavy atom. The molecule has 0 aromatic heterocycles. The Labute approximate surface area is 68.9 Å². The number of hydrogen-bond acceptors (Lipinski definition) is 0. The average Bonchev–Trinajstić information content (AvgIpc) is 2.15. The van der Waals surface area contributed by atoms with Crippen molar-refractivity contribution in [1.29, 1.82) is 0 Å². The monoisotopic (exact) mass is 114 g/mol. The van der Waals surface area contributed by atoms with Crippen molar-refractivity contribution < 1.29 is 18.9 Å². The fraction of sp³-hybridized carbons (Fsp3) is 0.750. The van der Waals surface area contributed by atoms with Gasteiger partial charge in [0.15, 0.2) is 0 Å². The molecule has 0 N–H and O–H groups in total. The zero-order valence-electron chi connectivity index (χ0n) is 6.06. The van der Waals surface area contributed by atoms with Gasteiger partial charge in [-0.15, -0.1) is 0 Å². The first-order valence-corrected chi connectivity index (χ1v) is 3.54. The Kier molecular flexibility index (Phi) is 2.44. The Hall–Kier alpha value is 0.337. The fourth-order valence-electron chi connectivity index (χ4n) is 1.91. The number of rotatable bonds is 0. The molecule has 0 saturated heterocycles. The molecule has 0 aromatic carbocycles. The maximum Gasteiger partial charge on any atom is 1.00 e. The van der Waals surface area contributed by atoms with Crippen LogP contribution in [0.3, 0.4) is 0 Å². The summed E-state index contributed by atoms with van der Waals surface area (Å²) in [6.07, 6.45) is 11.3. The van der Waals surface area contributed by atoms with Crippen LogP contribution in [0, 0.1) is 17.9 Å². The predicted octanol–water partition coefficient (Wildman–Crippen LogP) is -0.830. The Balaban J connectivity index is 0.000000405. The van der Waals surface area contributed by atoms with Crippen molar-refractivity contribution >= 4 is 0 Å². The fourth-order valence-corrected chi connectivity index (χ4v) is 1.91. The standard InChI is InChI=1S/C8H11.Li/c1-3-7-5-2-6-8(7)4-1;/h1,7-8H,2-3,5-6H2;/q-1;+1/t7-,8+;/m0./s1. The molecule has 2 atom stereocenters. The van der Waals surface area contributed by atoms with Gasteiger partial charge in [-0.1, -0.05) is 31.6 Å². The zero-order chi connectivity index (χ0) is 5.40. The molecule has 9 heavy (non-hydrogen) atoms. The minimum absolute atomic E-state index is 0. The van der Waals surface area contributed by atoms with Crippen molar-refractivity contribution in [3.63, 3.8) is 0 Å². The Morgan fingerprint density at radius 1 is 1.33 bits per heavy atom. The molecule has 0 radical (unpaired) electrons. The van der Waals surface area contributed by atoms with Crippen LogP contribution in [0.5, 0.6) is 0 Å². The quantitative estimate of drug-likeness (QED) is 0.285. The summed E-state index contributed by atoms with van der Waals surface area (Å²) in [6.45, 7) is 0. The molecule has 0 bridgehead atoms. The minimum atomic E-state index is 0. The number of fused-ring (bicyclic) bond motifs is 1. The van der Waals surface area contributed by atoms with Crippen LogP contribution in [-0.4, -0.2) is 0 Å². The van der Waals surface area contributed by atoms with Gasteiger partial charge in [-0.2, -0.15) is 5.92 Å². The van der Waals surface area contributed by atoms with E-state index in [1.54, 1.807) is 0 Å². The third kappa shape index (κ3) is 1.25.